The molecule has 0 aliphatic carbocycles. The molecule has 0 N–H and O–H groups in total. The number of hydrogen-bond acceptors (Lipinski definition) is 2. The first kappa shape index (κ1) is 11.9. The molecule has 0 heterocycles. The van der Waals surface area contributed by atoms with E-state index in [4.69, 9.17) is 0 Å². The number of rotatable bonds is 3. The SMILES string of the molecule is Cc1ccc([S@@](=O)CC(=O)N(C)C)cc1. The zero-order valence-corrected chi connectivity index (χ0v) is 10.0. The van der Waals surface area contributed by atoms with Gasteiger partial charge in [0.25, 0.3) is 0 Å². The standard InChI is InChI=1S/C11H15NO2S/c1-9-4-6-10(7-5-9)15(14)8-11(13)12(2)3/h4-7H,8H2,1-3H3/t15-/m0/s1. The number of carbonyl (C=O) groups excluding carboxylic acids is 1. The highest BCUT2D eigenvalue weighted by Gasteiger charge is 2.11. The second-order valence-electron chi connectivity index (χ2n) is 3.59. The fraction of sp³-hybridized carbons (Fsp3) is 0.364. The molecule has 1 amide bonds. The van der Waals surface area contributed by atoms with Gasteiger partial charge in [-0.1, -0.05) is 17.7 Å². The van der Waals surface area contributed by atoms with Gasteiger partial charge in [0, 0.05) is 19.0 Å². The first-order valence-corrected chi connectivity index (χ1v) is 5.98. The van der Waals surface area contributed by atoms with Gasteiger partial charge >= 0.3 is 0 Å². The predicted molar refractivity (Wildman–Crippen MR) is 61.1 cm³/mol. The van der Waals surface area contributed by atoms with Gasteiger partial charge in [0.2, 0.25) is 5.91 Å². The first-order chi connectivity index (χ1) is 7.00. The average molecular weight is 225 g/mol. The minimum atomic E-state index is -1.23. The summed E-state index contributed by atoms with van der Waals surface area (Å²) >= 11 is 0. The van der Waals surface area contributed by atoms with E-state index in [1.165, 1.54) is 4.90 Å². The maximum Gasteiger partial charge on any atom is 0.235 e. The third-order valence-electron chi connectivity index (χ3n) is 2.04. The van der Waals surface area contributed by atoms with Crippen molar-refractivity contribution in [2.75, 3.05) is 19.8 Å². The molecule has 1 rings (SSSR count). The molecule has 0 bridgehead atoms. The third-order valence-corrected chi connectivity index (χ3v) is 3.34. The van der Waals surface area contributed by atoms with Crippen LogP contribution < -0.4 is 0 Å². The number of benzene rings is 1. The van der Waals surface area contributed by atoms with Crippen LogP contribution in [-0.2, 0) is 15.6 Å². The van der Waals surface area contributed by atoms with Crippen LogP contribution in [0.25, 0.3) is 0 Å². The van der Waals surface area contributed by atoms with Gasteiger partial charge in [0.05, 0.1) is 10.8 Å². The van der Waals surface area contributed by atoms with E-state index in [2.05, 4.69) is 0 Å². The van der Waals surface area contributed by atoms with Gasteiger partial charge in [-0.25, -0.2) is 0 Å². The van der Waals surface area contributed by atoms with Gasteiger partial charge in [-0.05, 0) is 19.1 Å². The van der Waals surface area contributed by atoms with Crippen molar-refractivity contribution in [3.8, 4) is 0 Å². The maximum atomic E-state index is 11.7. The summed E-state index contributed by atoms with van der Waals surface area (Å²) in [6.45, 7) is 1.97. The molecule has 1 aromatic rings. The Bertz CT molecular complexity index is 371. The molecule has 1 aromatic carbocycles. The fourth-order valence-corrected chi connectivity index (χ4v) is 2.10. The maximum absolute atomic E-state index is 11.7. The van der Waals surface area contributed by atoms with Gasteiger partial charge in [0.1, 0.15) is 5.75 Å². The van der Waals surface area contributed by atoms with E-state index in [0.29, 0.717) is 4.90 Å². The Kier molecular flexibility index (Phi) is 4.03. The van der Waals surface area contributed by atoms with Gasteiger partial charge < -0.3 is 4.90 Å². The fourth-order valence-electron chi connectivity index (χ4n) is 1.01. The van der Waals surface area contributed by atoms with Crippen LogP contribution in [-0.4, -0.2) is 34.9 Å². The molecule has 0 spiro atoms. The lowest BCUT2D eigenvalue weighted by Gasteiger charge is -2.09. The highest BCUT2D eigenvalue weighted by atomic mass is 32.2. The highest BCUT2D eigenvalue weighted by molar-refractivity contribution is 7.85. The second-order valence-corrected chi connectivity index (χ2v) is 5.04. The Morgan fingerprint density at radius 1 is 1.27 bits per heavy atom. The van der Waals surface area contributed by atoms with Crippen LogP contribution in [0.2, 0.25) is 0 Å². The summed E-state index contributed by atoms with van der Waals surface area (Å²) in [5, 5.41) is 0. The summed E-state index contributed by atoms with van der Waals surface area (Å²) in [5.74, 6) is -0.0651. The molecule has 0 aromatic heterocycles. The molecule has 3 nitrogen and oxygen atoms in total. The summed E-state index contributed by atoms with van der Waals surface area (Å²) in [5.41, 5.74) is 1.12. The van der Waals surface area contributed by atoms with Gasteiger partial charge in [-0.2, -0.15) is 0 Å². The minimum Gasteiger partial charge on any atom is -0.348 e. The monoisotopic (exact) mass is 225 g/mol. The minimum absolute atomic E-state index is 0.0516. The molecule has 15 heavy (non-hydrogen) atoms. The lowest BCUT2D eigenvalue weighted by Crippen LogP contribution is -2.26. The lowest BCUT2D eigenvalue weighted by atomic mass is 10.2. The second kappa shape index (κ2) is 5.07. The van der Waals surface area contributed by atoms with Gasteiger partial charge in [0.15, 0.2) is 0 Å². The van der Waals surface area contributed by atoms with Crippen LogP contribution >= 0.6 is 0 Å². The van der Waals surface area contributed by atoms with E-state index >= 15 is 0 Å². The van der Waals surface area contributed by atoms with Crippen molar-refractivity contribution in [3.63, 3.8) is 0 Å². The molecule has 0 aliphatic rings. The Labute approximate surface area is 92.6 Å². The number of nitrogens with zero attached hydrogens (tertiary/aromatic N) is 1. The van der Waals surface area contributed by atoms with E-state index in [0.717, 1.165) is 5.56 Å². The number of aryl methyl sites for hydroxylation is 1. The quantitative estimate of drug-likeness (QED) is 0.775. The van der Waals surface area contributed by atoms with Crippen LogP contribution in [0, 0.1) is 6.92 Å². The van der Waals surface area contributed by atoms with E-state index in [1.54, 1.807) is 26.2 Å². The van der Waals surface area contributed by atoms with Crippen LogP contribution in [0.4, 0.5) is 0 Å². The van der Waals surface area contributed by atoms with Gasteiger partial charge in [-0.3, -0.25) is 9.00 Å². The first-order valence-electron chi connectivity index (χ1n) is 4.66. The van der Waals surface area contributed by atoms with Crippen molar-refractivity contribution in [1.82, 2.24) is 4.90 Å². The molecule has 1 atom stereocenters. The molecule has 0 saturated carbocycles. The van der Waals surface area contributed by atoms with Crippen molar-refractivity contribution in [2.45, 2.75) is 11.8 Å². The highest BCUT2D eigenvalue weighted by Crippen LogP contribution is 2.08. The zero-order chi connectivity index (χ0) is 11.4. The van der Waals surface area contributed by atoms with Crippen LogP contribution in [0.1, 0.15) is 5.56 Å². The molecule has 4 heteroatoms. The molecule has 82 valence electrons. The summed E-state index contributed by atoms with van der Waals surface area (Å²) in [6.07, 6.45) is 0. The smallest absolute Gasteiger partial charge is 0.235 e. The Morgan fingerprint density at radius 2 is 1.80 bits per heavy atom. The lowest BCUT2D eigenvalue weighted by molar-refractivity contribution is -0.125. The Hall–Kier alpha value is -1.16. The number of amides is 1. The molecular formula is C11H15NO2S. The van der Waals surface area contributed by atoms with Crippen molar-refractivity contribution < 1.29 is 9.00 Å². The molecule has 0 unspecified atom stereocenters. The van der Waals surface area contributed by atoms with Gasteiger partial charge in [-0.15, -0.1) is 0 Å². The molecule has 0 saturated heterocycles. The Morgan fingerprint density at radius 3 is 2.27 bits per heavy atom. The van der Waals surface area contributed by atoms with E-state index in [9.17, 15) is 9.00 Å². The Balaban J connectivity index is 2.69. The van der Waals surface area contributed by atoms with E-state index in [-0.39, 0.29) is 11.7 Å². The van der Waals surface area contributed by atoms with Crippen molar-refractivity contribution in [2.24, 2.45) is 0 Å². The van der Waals surface area contributed by atoms with Crippen molar-refractivity contribution >= 4 is 16.7 Å². The molecular weight excluding hydrogens is 210 g/mol. The van der Waals surface area contributed by atoms with Crippen molar-refractivity contribution in [3.05, 3.63) is 29.8 Å². The van der Waals surface area contributed by atoms with Crippen LogP contribution in [0.5, 0.6) is 0 Å². The topological polar surface area (TPSA) is 37.4 Å². The predicted octanol–water partition coefficient (Wildman–Crippen LogP) is 1.19. The normalized spacial score (nSPS) is 12.2. The summed E-state index contributed by atoms with van der Waals surface area (Å²) in [4.78, 5) is 13.5. The zero-order valence-electron chi connectivity index (χ0n) is 9.19. The third kappa shape index (κ3) is 3.47. The molecule has 0 radical (unpaired) electrons. The summed E-state index contributed by atoms with van der Waals surface area (Å²) in [7, 11) is 2.09. The number of hydrogen-bond donors (Lipinski definition) is 0. The van der Waals surface area contributed by atoms with Crippen LogP contribution in [0.15, 0.2) is 29.2 Å². The van der Waals surface area contributed by atoms with Crippen molar-refractivity contribution in [1.29, 1.82) is 0 Å². The number of carbonyl (C=O) groups is 1. The molecule has 0 fully saturated rings. The summed E-state index contributed by atoms with van der Waals surface area (Å²) < 4.78 is 11.7. The molecule has 0 aliphatic heterocycles. The van der Waals surface area contributed by atoms with Crippen LogP contribution in [0.3, 0.4) is 0 Å². The van der Waals surface area contributed by atoms with E-state index < -0.39 is 10.8 Å². The van der Waals surface area contributed by atoms with E-state index in [1.807, 2.05) is 19.1 Å². The largest absolute Gasteiger partial charge is 0.348 e. The average Bonchev–Trinajstić information content (AvgIpc) is 2.18. The summed E-state index contributed by atoms with van der Waals surface area (Å²) in [6, 6.07) is 7.39.